The van der Waals surface area contributed by atoms with E-state index in [2.05, 4.69) is 36.2 Å². The molecule has 1 N–H and O–H groups in total. The van der Waals surface area contributed by atoms with Gasteiger partial charge >= 0.3 is 5.97 Å². The Bertz CT molecular complexity index is 781. The SMILES string of the molecule is C[Si](C)(CCCC(=O)O)O[Si](C)(C)CSc1ncc(CN2C(=O)C=CC2=O)cn1. The van der Waals surface area contributed by atoms with E-state index in [1.165, 1.54) is 23.9 Å². The number of aromatic nitrogens is 2. The molecule has 0 aromatic carbocycles. The van der Waals surface area contributed by atoms with Crippen molar-refractivity contribution in [1.29, 1.82) is 0 Å². The number of rotatable bonds is 11. The summed E-state index contributed by atoms with van der Waals surface area (Å²) >= 11 is 1.53. The monoisotopic (exact) mass is 453 g/mol. The van der Waals surface area contributed by atoms with Gasteiger partial charge in [-0.05, 0) is 38.7 Å². The van der Waals surface area contributed by atoms with E-state index in [0.717, 1.165) is 16.3 Å². The summed E-state index contributed by atoms with van der Waals surface area (Å²) in [6, 6.07) is 0.828. The Morgan fingerprint density at radius 3 is 2.24 bits per heavy atom. The van der Waals surface area contributed by atoms with Crippen LogP contribution >= 0.6 is 11.8 Å². The van der Waals surface area contributed by atoms with Crippen molar-refractivity contribution in [3.05, 3.63) is 30.1 Å². The molecule has 29 heavy (non-hydrogen) atoms. The van der Waals surface area contributed by atoms with Crippen molar-refractivity contribution in [3.63, 3.8) is 0 Å². The predicted molar refractivity (Wildman–Crippen MR) is 115 cm³/mol. The number of hydrogen-bond donors (Lipinski definition) is 1. The third kappa shape index (κ3) is 7.84. The van der Waals surface area contributed by atoms with Crippen molar-refractivity contribution in [2.24, 2.45) is 0 Å². The van der Waals surface area contributed by atoms with E-state index in [-0.39, 0.29) is 24.8 Å². The summed E-state index contributed by atoms with van der Waals surface area (Å²) in [5, 5.41) is 10.2. The fourth-order valence-electron chi connectivity index (χ4n) is 3.00. The molecule has 1 aromatic heterocycles. The van der Waals surface area contributed by atoms with Gasteiger partial charge in [-0.2, -0.15) is 0 Å². The Kier molecular flexibility index (Phi) is 7.91. The average molecular weight is 454 g/mol. The summed E-state index contributed by atoms with van der Waals surface area (Å²) in [4.78, 5) is 43.8. The first-order chi connectivity index (χ1) is 13.5. The number of aliphatic carboxylic acids is 1. The van der Waals surface area contributed by atoms with Gasteiger partial charge in [-0.3, -0.25) is 19.3 Å². The minimum atomic E-state index is -1.97. The number of thioether (sulfide) groups is 1. The second kappa shape index (κ2) is 9.78. The van der Waals surface area contributed by atoms with Crippen molar-refractivity contribution in [2.45, 2.75) is 56.8 Å². The van der Waals surface area contributed by atoms with Gasteiger partial charge in [0.05, 0.1) is 6.54 Å². The number of carboxylic acids is 1. The Morgan fingerprint density at radius 1 is 1.10 bits per heavy atom. The molecule has 0 radical (unpaired) electrons. The third-order valence-corrected chi connectivity index (χ3v) is 14.0. The zero-order chi connectivity index (χ0) is 21.7. The molecule has 158 valence electrons. The minimum Gasteiger partial charge on any atom is -0.481 e. The lowest BCUT2D eigenvalue weighted by molar-refractivity contribution is -0.138. The van der Waals surface area contributed by atoms with Crippen molar-refractivity contribution >= 4 is 46.2 Å². The van der Waals surface area contributed by atoms with Gasteiger partial charge in [0, 0.05) is 41.9 Å². The maximum atomic E-state index is 11.6. The standard InChI is InChI=1S/C18H27N3O5SSi2/c1-28(2,9-5-6-17(24)25)26-29(3,4)13-27-18-19-10-14(11-20-18)12-21-15(22)7-8-16(21)23/h7-8,10-11H,5-6,9,12-13H2,1-4H3,(H,24,25). The molecule has 1 aliphatic rings. The highest BCUT2D eigenvalue weighted by molar-refractivity contribution is 8.00. The first-order valence-corrected chi connectivity index (χ1v) is 16.6. The second-order valence-corrected chi connectivity index (χ2v) is 18.3. The third-order valence-electron chi connectivity index (χ3n) is 4.19. The number of nitrogens with zero attached hydrogens (tertiary/aromatic N) is 3. The van der Waals surface area contributed by atoms with Crippen LogP contribution in [0, 0.1) is 0 Å². The molecule has 0 bridgehead atoms. The maximum Gasteiger partial charge on any atom is 0.303 e. The summed E-state index contributed by atoms with van der Waals surface area (Å²) in [6.45, 7) is 8.73. The number of carboxylic acid groups (broad SMARTS) is 1. The fourth-order valence-corrected chi connectivity index (χ4v) is 13.3. The molecule has 0 fully saturated rings. The lowest BCUT2D eigenvalue weighted by Crippen LogP contribution is -2.46. The minimum absolute atomic E-state index is 0.162. The molecule has 0 aliphatic carbocycles. The lowest BCUT2D eigenvalue weighted by Gasteiger charge is -2.33. The van der Waals surface area contributed by atoms with E-state index < -0.39 is 22.6 Å². The maximum absolute atomic E-state index is 11.6. The number of hydrogen-bond acceptors (Lipinski definition) is 7. The van der Waals surface area contributed by atoms with Crippen molar-refractivity contribution in [1.82, 2.24) is 14.9 Å². The van der Waals surface area contributed by atoms with E-state index in [1.54, 1.807) is 12.4 Å². The Balaban J connectivity index is 1.84. The van der Waals surface area contributed by atoms with Crippen molar-refractivity contribution < 1.29 is 23.6 Å². The largest absolute Gasteiger partial charge is 0.481 e. The van der Waals surface area contributed by atoms with Crippen LogP contribution < -0.4 is 0 Å². The van der Waals surface area contributed by atoms with E-state index in [9.17, 15) is 14.4 Å². The molecule has 0 saturated carbocycles. The van der Waals surface area contributed by atoms with Gasteiger partial charge in [-0.25, -0.2) is 9.97 Å². The summed E-state index contributed by atoms with van der Waals surface area (Å²) in [6.07, 6.45) is 6.61. The van der Waals surface area contributed by atoms with E-state index in [1.807, 2.05) is 0 Å². The van der Waals surface area contributed by atoms with Crippen LogP contribution in [0.3, 0.4) is 0 Å². The molecular weight excluding hydrogens is 426 g/mol. The van der Waals surface area contributed by atoms with Crippen LogP contribution in [0.2, 0.25) is 32.2 Å². The molecule has 2 heterocycles. The Morgan fingerprint density at radius 2 is 1.69 bits per heavy atom. The number of imide groups is 1. The molecular formula is C18H27N3O5SSi2. The molecule has 1 aromatic rings. The van der Waals surface area contributed by atoms with Crippen molar-refractivity contribution in [2.75, 3.05) is 5.38 Å². The molecule has 2 amide bonds. The summed E-state index contributed by atoms with van der Waals surface area (Å²) in [7, 11) is -3.89. The van der Waals surface area contributed by atoms with E-state index >= 15 is 0 Å². The Labute approximate surface area is 177 Å². The van der Waals surface area contributed by atoms with Gasteiger partial charge in [0.25, 0.3) is 11.8 Å². The van der Waals surface area contributed by atoms with Crippen LogP contribution in [0.1, 0.15) is 18.4 Å². The molecule has 2 rings (SSSR count). The molecule has 0 saturated heterocycles. The van der Waals surface area contributed by atoms with Crippen LogP contribution in [-0.2, 0) is 25.0 Å². The van der Waals surface area contributed by atoms with Gasteiger partial charge < -0.3 is 9.22 Å². The van der Waals surface area contributed by atoms with Crippen molar-refractivity contribution in [3.8, 4) is 0 Å². The van der Waals surface area contributed by atoms with E-state index in [4.69, 9.17) is 9.22 Å². The van der Waals surface area contributed by atoms with Gasteiger partial charge in [0.2, 0.25) is 0 Å². The zero-order valence-electron chi connectivity index (χ0n) is 17.2. The zero-order valence-corrected chi connectivity index (χ0v) is 20.0. The van der Waals surface area contributed by atoms with Gasteiger partial charge in [-0.15, -0.1) is 0 Å². The average Bonchev–Trinajstić information content (AvgIpc) is 2.91. The van der Waals surface area contributed by atoms with Crippen LogP contribution in [0.5, 0.6) is 0 Å². The molecule has 11 heteroatoms. The first-order valence-electron chi connectivity index (χ1n) is 9.37. The normalized spacial score (nSPS) is 14.7. The highest BCUT2D eigenvalue weighted by atomic mass is 32.2. The van der Waals surface area contributed by atoms with Gasteiger partial charge in [0.15, 0.2) is 21.8 Å². The van der Waals surface area contributed by atoms with Gasteiger partial charge in [0.1, 0.15) is 0 Å². The molecule has 0 unspecified atom stereocenters. The first kappa shape index (κ1) is 23.5. The quantitative estimate of drug-likeness (QED) is 0.236. The highest BCUT2D eigenvalue weighted by Gasteiger charge is 2.33. The van der Waals surface area contributed by atoms with Crippen LogP contribution in [-0.4, -0.2) is 59.8 Å². The summed E-state index contributed by atoms with van der Waals surface area (Å²) in [5.41, 5.74) is 0.694. The second-order valence-electron chi connectivity index (χ2n) is 8.13. The number of carbonyl (C=O) groups excluding carboxylic acids is 2. The van der Waals surface area contributed by atoms with Crippen LogP contribution in [0.4, 0.5) is 0 Å². The Hall–Kier alpha value is -1.83. The number of amides is 2. The smallest absolute Gasteiger partial charge is 0.303 e. The predicted octanol–water partition coefficient (Wildman–Crippen LogP) is 2.82. The number of carbonyl (C=O) groups is 3. The molecule has 0 spiro atoms. The molecule has 1 aliphatic heterocycles. The lowest BCUT2D eigenvalue weighted by atomic mass is 10.3. The molecule has 0 atom stereocenters. The summed E-state index contributed by atoms with van der Waals surface area (Å²) < 4.78 is 6.48. The molecule has 8 nitrogen and oxygen atoms in total. The van der Waals surface area contributed by atoms with E-state index in [0.29, 0.717) is 17.1 Å². The van der Waals surface area contributed by atoms with Gasteiger partial charge in [-0.1, -0.05) is 11.8 Å². The highest BCUT2D eigenvalue weighted by Crippen LogP contribution is 2.25. The summed E-state index contributed by atoms with van der Waals surface area (Å²) in [5.74, 6) is -1.42. The van der Waals surface area contributed by atoms with Crippen LogP contribution in [0.15, 0.2) is 29.7 Å². The topological polar surface area (TPSA) is 110 Å². The fraction of sp³-hybridized carbons (Fsp3) is 0.500. The van der Waals surface area contributed by atoms with Crippen LogP contribution in [0.25, 0.3) is 0 Å².